The van der Waals surface area contributed by atoms with Crippen molar-refractivity contribution in [2.24, 2.45) is 0 Å². The number of hydrogen-bond donors (Lipinski definition) is 0. The topological polar surface area (TPSA) is 17.1 Å². The summed E-state index contributed by atoms with van der Waals surface area (Å²) in [7, 11) is 0. The maximum atomic E-state index is 9.69. The van der Waals surface area contributed by atoms with Crippen LogP contribution < -0.4 is 0 Å². The Morgan fingerprint density at radius 1 is 1.71 bits per heavy atom. The molecule has 0 bridgehead atoms. The molecule has 0 spiro atoms. The van der Waals surface area contributed by atoms with E-state index in [1.807, 2.05) is 0 Å². The molecule has 0 saturated carbocycles. The van der Waals surface area contributed by atoms with Crippen molar-refractivity contribution in [1.29, 1.82) is 0 Å². The number of hydrogen-bond acceptors (Lipinski definition) is 1. The van der Waals surface area contributed by atoms with Gasteiger partial charge in [0.2, 0.25) is 0 Å². The standard InChI is InChI=1S/C4H6O.Li.Si/c1-3-4(2)5;;/h3H,1H2,2H3;;. The zero-order valence-corrected chi connectivity index (χ0v) is 5.69. The van der Waals surface area contributed by atoms with Crippen molar-refractivity contribution >= 4 is 35.6 Å². The molecule has 0 aliphatic carbocycles. The van der Waals surface area contributed by atoms with Crippen molar-refractivity contribution in [3.8, 4) is 0 Å². The summed E-state index contributed by atoms with van der Waals surface area (Å²) in [4.78, 5) is 9.69. The first-order chi connectivity index (χ1) is 2.27. The largest absolute Gasteiger partial charge is 0.295 e. The number of allylic oxidation sites excluding steroid dienone is 1. The average molecular weight is 105 g/mol. The van der Waals surface area contributed by atoms with Gasteiger partial charge in [0.05, 0.1) is 0 Å². The number of ketones is 1. The van der Waals surface area contributed by atoms with Crippen LogP contribution in [0, 0.1) is 0 Å². The van der Waals surface area contributed by atoms with E-state index in [4.69, 9.17) is 0 Å². The molecular formula is C4H6LiOSi. The second-order valence-electron chi connectivity index (χ2n) is 0.815. The molecule has 0 aliphatic heterocycles. The molecule has 0 aromatic carbocycles. The summed E-state index contributed by atoms with van der Waals surface area (Å²) in [5.74, 6) is 0.0185. The van der Waals surface area contributed by atoms with E-state index in [0.29, 0.717) is 0 Å². The van der Waals surface area contributed by atoms with Gasteiger partial charge >= 0.3 is 0 Å². The molecule has 0 aromatic rings. The van der Waals surface area contributed by atoms with Crippen LogP contribution in [0.2, 0.25) is 0 Å². The van der Waals surface area contributed by atoms with Crippen molar-refractivity contribution in [2.75, 3.05) is 0 Å². The van der Waals surface area contributed by atoms with Gasteiger partial charge in [-0.1, -0.05) is 6.58 Å². The van der Waals surface area contributed by atoms with Gasteiger partial charge in [-0.3, -0.25) is 4.79 Å². The molecule has 0 aromatic heterocycles. The zero-order valence-electron chi connectivity index (χ0n) is 4.69. The second-order valence-corrected chi connectivity index (χ2v) is 0.815. The molecule has 0 heterocycles. The number of carbonyl (C=O) groups is 1. The molecule has 0 N–H and O–H groups in total. The van der Waals surface area contributed by atoms with Crippen LogP contribution in [0.3, 0.4) is 0 Å². The Bertz CT molecular complexity index is 62.7. The van der Waals surface area contributed by atoms with Crippen LogP contribution in [-0.2, 0) is 4.79 Å². The predicted molar refractivity (Wildman–Crippen MR) is 32.4 cm³/mol. The van der Waals surface area contributed by atoms with Crippen molar-refractivity contribution < 1.29 is 4.79 Å². The van der Waals surface area contributed by atoms with Crippen LogP contribution in [-0.4, -0.2) is 35.6 Å². The fourth-order valence-electron chi connectivity index (χ4n) is 0. The van der Waals surface area contributed by atoms with E-state index in [9.17, 15) is 4.79 Å². The Kier molecular flexibility index (Phi) is 21.3. The minimum Gasteiger partial charge on any atom is -0.295 e. The molecule has 0 unspecified atom stereocenters. The smallest absolute Gasteiger partial charge is 0.152 e. The Morgan fingerprint density at radius 2 is 1.86 bits per heavy atom. The molecule has 0 fully saturated rings. The van der Waals surface area contributed by atoms with E-state index >= 15 is 0 Å². The molecule has 0 amide bonds. The van der Waals surface area contributed by atoms with Crippen LogP contribution in [0.15, 0.2) is 12.7 Å². The third kappa shape index (κ3) is 22.4. The van der Waals surface area contributed by atoms with Gasteiger partial charge in [0.25, 0.3) is 0 Å². The minimum absolute atomic E-state index is 0. The van der Waals surface area contributed by atoms with Crippen molar-refractivity contribution in [3.05, 3.63) is 12.7 Å². The van der Waals surface area contributed by atoms with Crippen LogP contribution in [0.1, 0.15) is 6.92 Å². The Hall–Kier alpha value is 0.224. The van der Waals surface area contributed by atoms with Gasteiger partial charge in [-0.15, -0.1) is 0 Å². The SMILES string of the molecule is C=CC(C)=O.[Li].[Si]. The van der Waals surface area contributed by atoms with Gasteiger partial charge in [-0.25, -0.2) is 0 Å². The Morgan fingerprint density at radius 3 is 1.86 bits per heavy atom. The van der Waals surface area contributed by atoms with Gasteiger partial charge in [0, 0.05) is 29.8 Å². The first kappa shape index (κ1) is 15.7. The summed E-state index contributed by atoms with van der Waals surface area (Å²) < 4.78 is 0. The number of carbonyl (C=O) groups excluding carboxylic acids is 1. The van der Waals surface area contributed by atoms with E-state index in [0.717, 1.165) is 0 Å². The Labute approximate surface area is 60.4 Å². The third-order valence-electron chi connectivity index (χ3n) is 0.287. The maximum Gasteiger partial charge on any atom is 0.152 e. The monoisotopic (exact) mass is 105 g/mol. The first-order valence-electron chi connectivity index (χ1n) is 1.40. The maximum absolute atomic E-state index is 9.69. The second kappa shape index (κ2) is 9.52. The van der Waals surface area contributed by atoms with E-state index in [1.54, 1.807) is 0 Å². The van der Waals surface area contributed by atoms with E-state index in [-0.39, 0.29) is 35.6 Å². The van der Waals surface area contributed by atoms with Crippen molar-refractivity contribution in [2.45, 2.75) is 6.92 Å². The summed E-state index contributed by atoms with van der Waals surface area (Å²) in [6, 6.07) is 0. The third-order valence-corrected chi connectivity index (χ3v) is 0.287. The van der Waals surface area contributed by atoms with Crippen LogP contribution in [0.5, 0.6) is 0 Å². The summed E-state index contributed by atoms with van der Waals surface area (Å²) in [6.45, 7) is 4.68. The van der Waals surface area contributed by atoms with Gasteiger partial charge in [-0.05, 0) is 13.0 Å². The summed E-state index contributed by atoms with van der Waals surface area (Å²) in [5.41, 5.74) is 0. The summed E-state index contributed by atoms with van der Waals surface area (Å²) >= 11 is 0. The zero-order chi connectivity index (χ0) is 4.28. The molecule has 0 aliphatic rings. The molecule has 0 rings (SSSR count). The fourth-order valence-corrected chi connectivity index (χ4v) is 0. The fraction of sp³-hybridized carbons (Fsp3) is 0.250. The average Bonchev–Trinajstić information content (AvgIpc) is 1.38. The molecule has 3 heteroatoms. The summed E-state index contributed by atoms with van der Waals surface area (Å²) in [6.07, 6.45) is 1.28. The van der Waals surface area contributed by atoms with Crippen molar-refractivity contribution in [1.82, 2.24) is 0 Å². The van der Waals surface area contributed by atoms with E-state index in [1.165, 1.54) is 13.0 Å². The molecular weight excluding hydrogens is 99.1 g/mol. The van der Waals surface area contributed by atoms with Crippen molar-refractivity contribution in [3.63, 3.8) is 0 Å². The molecule has 7 heavy (non-hydrogen) atoms. The van der Waals surface area contributed by atoms with Crippen LogP contribution >= 0.6 is 0 Å². The van der Waals surface area contributed by atoms with Gasteiger partial charge in [0.15, 0.2) is 5.78 Å². The van der Waals surface area contributed by atoms with Crippen LogP contribution in [0.25, 0.3) is 0 Å². The van der Waals surface area contributed by atoms with Gasteiger partial charge in [-0.2, -0.15) is 0 Å². The van der Waals surface area contributed by atoms with Gasteiger partial charge in [0.1, 0.15) is 0 Å². The summed E-state index contributed by atoms with van der Waals surface area (Å²) in [5, 5.41) is 0. The normalized spacial score (nSPS) is 4.71. The van der Waals surface area contributed by atoms with Gasteiger partial charge < -0.3 is 0 Å². The van der Waals surface area contributed by atoms with E-state index in [2.05, 4.69) is 6.58 Å². The van der Waals surface area contributed by atoms with Crippen LogP contribution in [0.4, 0.5) is 0 Å². The molecule has 33 valence electrons. The minimum atomic E-state index is 0. The molecule has 0 saturated heterocycles. The first-order valence-corrected chi connectivity index (χ1v) is 1.40. The number of rotatable bonds is 1. The Balaban J connectivity index is -0.0000000800. The van der Waals surface area contributed by atoms with E-state index < -0.39 is 0 Å². The molecule has 0 atom stereocenters. The molecule has 1 nitrogen and oxygen atoms in total. The predicted octanol–water partition coefficient (Wildman–Crippen LogP) is -0.000200. The molecule has 5 radical (unpaired) electrons. The quantitative estimate of drug-likeness (QED) is 0.339.